The Morgan fingerprint density at radius 3 is 1.35 bits per heavy atom. The number of benzene rings is 2. The van der Waals surface area contributed by atoms with Crippen LogP contribution in [0, 0.1) is 28.1 Å². The summed E-state index contributed by atoms with van der Waals surface area (Å²) in [7, 11) is -0.294. The molecule has 2 aliphatic carbocycles. The van der Waals surface area contributed by atoms with Gasteiger partial charge >= 0.3 is 7.12 Å². The van der Waals surface area contributed by atoms with Crippen LogP contribution in [0.3, 0.4) is 0 Å². The molecule has 1 unspecified atom stereocenters. The third kappa shape index (κ3) is 7.56. The van der Waals surface area contributed by atoms with Gasteiger partial charge in [-0.05, 0) is 78.0 Å². The summed E-state index contributed by atoms with van der Waals surface area (Å²) in [4.78, 5) is 0. The fourth-order valence-corrected chi connectivity index (χ4v) is 9.45. The van der Waals surface area contributed by atoms with Gasteiger partial charge in [0.25, 0.3) is 0 Å². The van der Waals surface area contributed by atoms with Crippen molar-refractivity contribution >= 4 is 31.7 Å². The number of rotatable bonds is 5. The predicted molar refractivity (Wildman–Crippen MR) is 220 cm³/mol. The molecule has 7 rings (SSSR count). The molecule has 2 aromatic rings. The molecule has 3 aliphatic heterocycles. The summed E-state index contributed by atoms with van der Waals surface area (Å²) < 4.78 is 14.0. The molecule has 0 saturated carbocycles. The van der Waals surface area contributed by atoms with Gasteiger partial charge < -0.3 is 9.31 Å². The van der Waals surface area contributed by atoms with Gasteiger partial charge in [-0.25, -0.2) is 0 Å². The summed E-state index contributed by atoms with van der Waals surface area (Å²) in [6.07, 6.45) is 15.8. The van der Waals surface area contributed by atoms with Crippen LogP contribution >= 0.6 is 0 Å². The Bertz CT molecular complexity index is 1620. The summed E-state index contributed by atoms with van der Waals surface area (Å²) >= 11 is 0. The summed E-state index contributed by atoms with van der Waals surface area (Å²) in [5.74, 6) is 0.129. The van der Waals surface area contributed by atoms with Crippen LogP contribution in [-0.4, -0.2) is 31.7 Å². The molecule has 0 aromatic heterocycles. The molecule has 6 heteroatoms. The van der Waals surface area contributed by atoms with Gasteiger partial charge in [0.1, 0.15) is 0 Å². The van der Waals surface area contributed by atoms with Gasteiger partial charge in [0.2, 0.25) is 0 Å². The fraction of sp³-hybridized carbons (Fsp3) is 0.533. The Morgan fingerprint density at radius 1 is 0.529 bits per heavy atom. The van der Waals surface area contributed by atoms with Crippen LogP contribution in [-0.2, 0) is 26.1 Å². The van der Waals surface area contributed by atoms with E-state index in [9.17, 15) is 0 Å². The van der Waals surface area contributed by atoms with E-state index >= 15 is 0 Å². The number of allylic oxidation sites excluding steroid dienone is 8. The van der Waals surface area contributed by atoms with E-state index in [0.717, 1.165) is 6.42 Å². The molecular weight excluding hydrogens is 664 g/mol. The average molecular weight is 726 g/mol. The average Bonchev–Trinajstić information content (AvgIpc) is 3.78. The van der Waals surface area contributed by atoms with Crippen molar-refractivity contribution in [3.05, 3.63) is 113 Å². The summed E-state index contributed by atoms with van der Waals surface area (Å²) in [6.45, 7) is 29.8. The minimum Gasteiger partial charge on any atom is -0.403 e. The second kappa shape index (κ2) is 14.3. The van der Waals surface area contributed by atoms with Crippen molar-refractivity contribution < 1.29 is 26.1 Å². The maximum atomic E-state index is 7.00. The first kappa shape index (κ1) is 40.2. The Hall–Kier alpha value is -1.98. The van der Waals surface area contributed by atoms with Crippen LogP contribution in [0.4, 0.5) is 0 Å². The van der Waals surface area contributed by atoms with E-state index in [0.29, 0.717) is 13.4 Å². The normalized spacial score (nSPS) is 26.4. The van der Waals surface area contributed by atoms with Gasteiger partial charge in [-0.2, -0.15) is 0 Å². The first-order valence-electron chi connectivity index (χ1n) is 19.4. The van der Waals surface area contributed by atoms with Crippen LogP contribution in [0.25, 0.3) is 11.1 Å². The van der Waals surface area contributed by atoms with Crippen LogP contribution in [0.5, 0.6) is 0 Å². The second-order valence-electron chi connectivity index (χ2n) is 19.6. The summed E-state index contributed by atoms with van der Waals surface area (Å²) in [6, 6.07) is 22.7. The SMILES string of the molecule is CC1(C)CB(C2=C(c3ccccc3)C(B3CC(C)(C)C(C)(C)C3)=C(c3ccccc3)C(B3OC(C)(C)C(C)(C)O3)C2)CC1(C)C.[CH]1C=CC=C1.[Co]. The van der Waals surface area contributed by atoms with E-state index in [1.54, 1.807) is 16.5 Å². The molecule has 1 atom stereocenters. The molecule has 0 bridgehead atoms. The minimum atomic E-state index is -0.377. The van der Waals surface area contributed by atoms with Crippen LogP contribution in [0.1, 0.15) is 101 Å². The van der Waals surface area contributed by atoms with Crippen molar-refractivity contribution in [3.8, 4) is 0 Å². The van der Waals surface area contributed by atoms with Crippen LogP contribution in [0.2, 0.25) is 31.1 Å². The van der Waals surface area contributed by atoms with E-state index in [2.05, 4.69) is 144 Å². The van der Waals surface area contributed by atoms with Crippen molar-refractivity contribution in [2.75, 3.05) is 0 Å². The molecule has 2 nitrogen and oxygen atoms in total. The van der Waals surface area contributed by atoms with Gasteiger partial charge in [0.05, 0.1) is 11.2 Å². The first-order valence-corrected chi connectivity index (χ1v) is 19.4. The third-order valence-electron chi connectivity index (χ3n) is 14.6. The van der Waals surface area contributed by atoms with Crippen molar-refractivity contribution in [2.24, 2.45) is 21.7 Å². The molecule has 3 heterocycles. The molecule has 2 aromatic carbocycles. The molecular formula is C45H62B3CoO2. The van der Waals surface area contributed by atoms with E-state index in [-0.39, 0.29) is 62.6 Å². The second-order valence-corrected chi connectivity index (χ2v) is 19.6. The van der Waals surface area contributed by atoms with Gasteiger partial charge in [0, 0.05) is 29.0 Å². The van der Waals surface area contributed by atoms with Gasteiger partial charge in [-0.3, -0.25) is 0 Å². The molecule has 2 radical (unpaired) electrons. The summed E-state index contributed by atoms with van der Waals surface area (Å²) in [5.41, 5.74) is 9.21. The van der Waals surface area contributed by atoms with Gasteiger partial charge in [0.15, 0.2) is 13.4 Å². The minimum absolute atomic E-state index is 0. The Morgan fingerprint density at radius 2 is 0.941 bits per heavy atom. The fourth-order valence-electron chi connectivity index (χ4n) is 9.45. The van der Waals surface area contributed by atoms with E-state index in [1.165, 1.54) is 42.0 Å². The smallest absolute Gasteiger partial charge is 0.403 e. The van der Waals surface area contributed by atoms with Crippen molar-refractivity contribution in [2.45, 2.75) is 132 Å². The number of hydrogen-bond acceptors (Lipinski definition) is 2. The zero-order chi connectivity index (χ0) is 36.3. The molecule has 3 fully saturated rings. The summed E-state index contributed by atoms with van der Waals surface area (Å²) in [5, 5.41) is 0. The van der Waals surface area contributed by atoms with E-state index < -0.39 is 0 Å². The predicted octanol–water partition coefficient (Wildman–Crippen LogP) is 12.3. The molecule has 5 aliphatic rings. The maximum absolute atomic E-state index is 7.00. The van der Waals surface area contributed by atoms with Gasteiger partial charge in [-0.15, -0.1) is 0 Å². The standard InChI is InChI=1S/C40H57B3O2.C5H5.Co/c1-35(2)24-41(25-36(35,3)4)30-23-31(43-44-39(9,10)40(11,12)45-43)33(29-21-17-14-18-22-29)34(32(30)28-19-15-13-16-20-28)42-26-37(5,6)38(7,8)27-42;1-2-4-5-3-1;/h13-22,31H,23-27H2,1-12H3;1-5H;. The van der Waals surface area contributed by atoms with E-state index in [1.807, 2.05) is 30.7 Å². The molecule has 0 N–H and O–H groups in total. The largest absolute Gasteiger partial charge is 0.466 e. The third-order valence-corrected chi connectivity index (χ3v) is 14.6. The Kier molecular flexibility index (Phi) is 11.3. The maximum Gasteiger partial charge on any atom is 0.466 e. The zero-order valence-electron chi connectivity index (χ0n) is 33.7. The monoisotopic (exact) mass is 726 g/mol. The van der Waals surface area contributed by atoms with Gasteiger partial charge in [-0.1, -0.05) is 177 Å². The van der Waals surface area contributed by atoms with Crippen LogP contribution in [0.15, 0.2) is 95.9 Å². The molecule has 0 amide bonds. The number of hydrogen-bond donors (Lipinski definition) is 0. The molecule has 272 valence electrons. The van der Waals surface area contributed by atoms with Crippen LogP contribution < -0.4 is 0 Å². The molecule has 3 saturated heterocycles. The quantitative estimate of drug-likeness (QED) is 0.286. The van der Waals surface area contributed by atoms with Crippen molar-refractivity contribution in [1.82, 2.24) is 0 Å². The van der Waals surface area contributed by atoms with E-state index in [4.69, 9.17) is 9.31 Å². The Labute approximate surface area is 323 Å². The topological polar surface area (TPSA) is 18.5 Å². The van der Waals surface area contributed by atoms with Crippen molar-refractivity contribution in [1.29, 1.82) is 0 Å². The molecule has 0 spiro atoms. The molecule has 51 heavy (non-hydrogen) atoms. The van der Waals surface area contributed by atoms with Crippen molar-refractivity contribution in [3.63, 3.8) is 0 Å². The zero-order valence-corrected chi connectivity index (χ0v) is 34.7. The first-order chi connectivity index (χ1) is 23.3. The Balaban J connectivity index is 0.000000774.